The van der Waals surface area contributed by atoms with Crippen LogP contribution in [0.15, 0.2) is 29.4 Å². The van der Waals surface area contributed by atoms with E-state index in [1.807, 2.05) is 24.3 Å². The Labute approximate surface area is 90.7 Å². The maximum Gasteiger partial charge on any atom is 0.139 e. The molecule has 1 radical (unpaired) electrons. The van der Waals surface area contributed by atoms with E-state index in [4.69, 9.17) is 9.57 Å². The molecule has 0 saturated carbocycles. The summed E-state index contributed by atoms with van der Waals surface area (Å²) in [5.74, 6) is 0.826. The summed E-state index contributed by atoms with van der Waals surface area (Å²) in [6.07, 6.45) is 4.93. The summed E-state index contributed by atoms with van der Waals surface area (Å²) in [6, 6.07) is 7.49. The van der Waals surface area contributed by atoms with Crippen LogP contribution in [0.2, 0.25) is 0 Å². The molecule has 81 valence electrons. The summed E-state index contributed by atoms with van der Waals surface area (Å²) >= 11 is 0. The van der Waals surface area contributed by atoms with Gasteiger partial charge in [-0.1, -0.05) is 18.5 Å². The van der Waals surface area contributed by atoms with Crippen molar-refractivity contribution in [3.8, 4) is 5.75 Å². The molecule has 0 aromatic heterocycles. The van der Waals surface area contributed by atoms with Gasteiger partial charge in [-0.2, -0.15) is 0 Å². The summed E-state index contributed by atoms with van der Waals surface area (Å²) in [5.41, 5.74) is 0.882. The molecule has 0 spiro atoms. The van der Waals surface area contributed by atoms with Gasteiger partial charge in [0.2, 0.25) is 0 Å². The van der Waals surface area contributed by atoms with Crippen molar-refractivity contribution in [3.63, 3.8) is 0 Å². The fourth-order valence-electron chi connectivity index (χ4n) is 1.01. The van der Waals surface area contributed by atoms with Crippen molar-refractivity contribution >= 4 is 6.21 Å². The van der Waals surface area contributed by atoms with Gasteiger partial charge in [-0.3, -0.25) is 0 Å². The standard InChI is InChI=1S/C12H16NO2/c1-3-4-9-15-13-10-11-5-7-12(14-2)8-6-11/h5-8H,3-4,9H2,1-2H3. The van der Waals surface area contributed by atoms with Crippen LogP contribution in [0, 0.1) is 0 Å². The Balaban J connectivity index is 2.36. The smallest absolute Gasteiger partial charge is 0.139 e. The minimum absolute atomic E-state index is 0.652. The lowest BCUT2D eigenvalue weighted by Gasteiger charge is -1.98. The molecule has 1 aromatic rings. The van der Waals surface area contributed by atoms with Gasteiger partial charge in [0, 0.05) is 5.56 Å². The van der Waals surface area contributed by atoms with E-state index in [-0.39, 0.29) is 0 Å². The van der Waals surface area contributed by atoms with Crippen molar-refractivity contribution in [3.05, 3.63) is 29.8 Å². The molecule has 15 heavy (non-hydrogen) atoms. The van der Waals surface area contributed by atoms with E-state index in [2.05, 4.69) is 18.3 Å². The molecule has 0 aliphatic heterocycles. The Morgan fingerprint density at radius 2 is 2.00 bits per heavy atom. The average Bonchev–Trinajstić information content (AvgIpc) is 2.30. The van der Waals surface area contributed by atoms with Crippen LogP contribution in [0.4, 0.5) is 0 Å². The average molecular weight is 206 g/mol. The third kappa shape index (κ3) is 4.49. The molecule has 0 N–H and O–H groups in total. The van der Waals surface area contributed by atoms with Gasteiger partial charge in [0.1, 0.15) is 18.6 Å². The minimum atomic E-state index is 0.652. The Morgan fingerprint density at radius 1 is 1.27 bits per heavy atom. The van der Waals surface area contributed by atoms with Crippen LogP contribution in [-0.4, -0.2) is 19.9 Å². The van der Waals surface area contributed by atoms with Crippen molar-refractivity contribution in [2.45, 2.75) is 19.8 Å². The number of ether oxygens (including phenoxy) is 1. The van der Waals surface area contributed by atoms with Gasteiger partial charge < -0.3 is 9.57 Å². The Morgan fingerprint density at radius 3 is 2.60 bits per heavy atom. The number of unbranched alkanes of at least 4 members (excludes halogenated alkanes) is 1. The molecule has 0 heterocycles. The van der Waals surface area contributed by atoms with E-state index in [0.29, 0.717) is 6.61 Å². The van der Waals surface area contributed by atoms with Gasteiger partial charge in [-0.15, -0.1) is 0 Å². The molecule has 0 fully saturated rings. The molecular formula is C12H16NO2. The predicted molar refractivity (Wildman–Crippen MR) is 60.4 cm³/mol. The van der Waals surface area contributed by atoms with Crippen molar-refractivity contribution < 1.29 is 9.57 Å². The second kappa shape index (κ2) is 6.87. The first-order valence-corrected chi connectivity index (χ1v) is 5.09. The maximum atomic E-state index is 5.04. The van der Waals surface area contributed by atoms with E-state index >= 15 is 0 Å². The van der Waals surface area contributed by atoms with Crippen LogP contribution >= 0.6 is 0 Å². The monoisotopic (exact) mass is 206 g/mol. The minimum Gasteiger partial charge on any atom is -0.497 e. The fourth-order valence-corrected chi connectivity index (χ4v) is 1.01. The highest BCUT2D eigenvalue weighted by Crippen LogP contribution is 2.09. The lowest BCUT2D eigenvalue weighted by atomic mass is 10.2. The highest BCUT2D eigenvalue weighted by Gasteiger charge is 1.91. The normalized spacial score (nSPS) is 10.5. The summed E-state index contributed by atoms with van der Waals surface area (Å²) in [7, 11) is 1.64. The zero-order valence-electron chi connectivity index (χ0n) is 9.19. The zero-order chi connectivity index (χ0) is 10.9. The predicted octanol–water partition coefficient (Wildman–Crippen LogP) is 2.72. The van der Waals surface area contributed by atoms with Gasteiger partial charge in [0.05, 0.1) is 7.11 Å². The zero-order valence-corrected chi connectivity index (χ0v) is 9.19. The van der Waals surface area contributed by atoms with Crippen LogP contribution in [0.5, 0.6) is 5.75 Å². The first-order valence-electron chi connectivity index (χ1n) is 5.09. The van der Waals surface area contributed by atoms with Gasteiger partial charge in [0.15, 0.2) is 0 Å². The number of benzene rings is 1. The first-order chi connectivity index (χ1) is 7.36. The molecule has 3 heteroatoms. The van der Waals surface area contributed by atoms with E-state index in [1.54, 1.807) is 7.11 Å². The third-order valence-electron chi connectivity index (χ3n) is 1.92. The van der Waals surface area contributed by atoms with Crippen LogP contribution in [0.25, 0.3) is 0 Å². The Kier molecular flexibility index (Phi) is 5.30. The number of methoxy groups -OCH3 is 1. The fraction of sp³-hybridized carbons (Fsp3) is 0.417. The number of rotatable bonds is 6. The quantitative estimate of drug-likeness (QED) is 0.407. The number of hydrogen-bond donors (Lipinski definition) is 0. The van der Waals surface area contributed by atoms with Gasteiger partial charge >= 0.3 is 0 Å². The number of nitrogens with zero attached hydrogens (tertiary/aromatic N) is 1. The second-order valence-electron chi connectivity index (χ2n) is 3.12. The van der Waals surface area contributed by atoms with Crippen molar-refractivity contribution in [2.75, 3.05) is 13.7 Å². The molecule has 0 aliphatic rings. The van der Waals surface area contributed by atoms with Crippen molar-refractivity contribution in [1.82, 2.24) is 0 Å². The molecule has 0 atom stereocenters. The summed E-state index contributed by atoms with van der Waals surface area (Å²) in [5, 5.41) is 3.74. The molecule has 0 aliphatic carbocycles. The molecule has 0 saturated heterocycles. The van der Waals surface area contributed by atoms with Gasteiger partial charge in [0.25, 0.3) is 0 Å². The molecular weight excluding hydrogens is 190 g/mol. The molecule has 1 aromatic carbocycles. The molecule has 0 unspecified atom stereocenters. The maximum absolute atomic E-state index is 5.04. The van der Waals surface area contributed by atoms with Crippen molar-refractivity contribution in [1.29, 1.82) is 0 Å². The molecule has 0 amide bonds. The molecule has 3 nitrogen and oxygen atoms in total. The van der Waals surface area contributed by atoms with E-state index in [0.717, 1.165) is 24.2 Å². The lowest BCUT2D eigenvalue weighted by Crippen LogP contribution is -1.88. The van der Waals surface area contributed by atoms with Crippen LogP contribution in [-0.2, 0) is 4.84 Å². The summed E-state index contributed by atoms with van der Waals surface area (Å²) in [4.78, 5) is 5.02. The van der Waals surface area contributed by atoms with E-state index in [1.165, 1.54) is 0 Å². The van der Waals surface area contributed by atoms with Gasteiger partial charge in [-0.05, 0) is 30.7 Å². The molecule has 1 rings (SSSR count). The topological polar surface area (TPSA) is 30.8 Å². The SMILES string of the molecule is CCCCO/N=[C]\c1ccc(OC)cc1. The van der Waals surface area contributed by atoms with Crippen LogP contribution in [0.3, 0.4) is 0 Å². The first kappa shape index (κ1) is 11.6. The third-order valence-corrected chi connectivity index (χ3v) is 1.92. The largest absolute Gasteiger partial charge is 0.497 e. The summed E-state index contributed by atoms with van der Waals surface area (Å²) in [6.45, 7) is 2.76. The lowest BCUT2D eigenvalue weighted by molar-refractivity contribution is 0.143. The molecule has 0 bridgehead atoms. The van der Waals surface area contributed by atoms with Crippen LogP contribution in [0.1, 0.15) is 25.3 Å². The summed E-state index contributed by atoms with van der Waals surface area (Å²) < 4.78 is 5.04. The highest BCUT2D eigenvalue weighted by atomic mass is 16.6. The van der Waals surface area contributed by atoms with E-state index in [9.17, 15) is 0 Å². The number of hydrogen-bond acceptors (Lipinski definition) is 3. The van der Waals surface area contributed by atoms with E-state index < -0.39 is 0 Å². The highest BCUT2D eigenvalue weighted by molar-refractivity contribution is 5.79. The Bertz CT molecular complexity index is 293. The second-order valence-corrected chi connectivity index (χ2v) is 3.12. The van der Waals surface area contributed by atoms with Gasteiger partial charge in [-0.25, -0.2) is 0 Å². The van der Waals surface area contributed by atoms with Crippen LogP contribution < -0.4 is 4.74 Å². The van der Waals surface area contributed by atoms with Crippen molar-refractivity contribution in [2.24, 2.45) is 5.16 Å². The Hall–Kier alpha value is -1.51.